The lowest BCUT2D eigenvalue weighted by atomic mass is 10.3. The second-order valence-corrected chi connectivity index (χ2v) is 4.31. The molecule has 1 aromatic carbocycles. The van der Waals surface area contributed by atoms with Crippen LogP contribution in [0.3, 0.4) is 0 Å². The minimum atomic E-state index is -0.400. The van der Waals surface area contributed by atoms with Gasteiger partial charge in [0.1, 0.15) is 12.4 Å². The molecule has 0 aliphatic heterocycles. The van der Waals surface area contributed by atoms with Crippen molar-refractivity contribution in [3.8, 4) is 5.75 Å². The molecule has 1 aromatic heterocycles. The summed E-state index contributed by atoms with van der Waals surface area (Å²) in [7, 11) is 0. The number of nitrogens with two attached hydrogens (primary N) is 1. The van der Waals surface area contributed by atoms with Crippen molar-refractivity contribution in [2.24, 2.45) is 0 Å². The minimum absolute atomic E-state index is 0.265. The Morgan fingerprint density at radius 1 is 1.41 bits per heavy atom. The first-order valence-corrected chi connectivity index (χ1v) is 5.72. The Balaban J connectivity index is 2.15. The normalized spacial score (nSPS) is 10.2. The highest BCUT2D eigenvalue weighted by Crippen LogP contribution is 2.32. The second-order valence-electron chi connectivity index (χ2n) is 3.46. The molecule has 3 nitrogen and oxygen atoms in total. The molecule has 2 rings (SSSR count). The van der Waals surface area contributed by atoms with Crippen LogP contribution in [0.25, 0.3) is 0 Å². The first kappa shape index (κ1) is 11.9. The Labute approximate surface area is 107 Å². The third-order valence-corrected chi connectivity index (χ3v) is 2.73. The van der Waals surface area contributed by atoms with Gasteiger partial charge in [-0.1, -0.05) is 6.07 Å². The first-order chi connectivity index (χ1) is 8.16. The number of pyridine rings is 1. The van der Waals surface area contributed by atoms with Crippen LogP contribution in [0.1, 0.15) is 5.56 Å². The van der Waals surface area contributed by atoms with Gasteiger partial charge in [0.2, 0.25) is 0 Å². The van der Waals surface area contributed by atoms with Crippen molar-refractivity contribution in [1.82, 2.24) is 4.98 Å². The quantitative estimate of drug-likeness (QED) is 0.885. The molecule has 0 saturated heterocycles. The Hall–Kier alpha value is -1.62. The summed E-state index contributed by atoms with van der Waals surface area (Å²) >= 11 is 3.21. The summed E-state index contributed by atoms with van der Waals surface area (Å²) in [5, 5.41) is 0. The third-order valence-electron chi connectivity index (χ3n) is 2.14. The molecule has 0 fully saturated rings. The van der Waals surface area contributed by atoms with Crippen molar-refractivity contribution in [2.45, 2.75) is 6.61 Å². The Kier molecular flexibility index (Phi) is 3.58. The van der Waals surface area contributed by atoms with Crippen LogP contribution < -0.4 is 10.5 Å². The highest BCUT2D eigenvalue weighted by atomic mass is 79.9. The van der Waals surface area contributed by atoms with E-state index >= 15 is 0 Å². The van der Waals surface area contributed by atoms with Crippen LogP contribution in [0, 0.1) is 5.82 Å². The van der Waals surface area contributed by atoms with E-state index < -0.39 is 5.82 Å². The molecule has 0 saturated carbocycles. The Morgan fingerprint density at radius 2 is 2.24 bits per heavy atom. The van der Waals surface area contributed by atoms with Crippen LogP contribution in [0.2, 0.25) is 0 Å². The topological polar surface area (TPSA) is 48.1 Å². The highest BCUT2D eigenvalue weighted by molar-refractivity contribution is 9.10. The minimum Gasteiger partial charge on any atom is -0.485 e. The highest BCUT2D eigenvalue weighted by Gasteiger charge is 2.08. The predicted octanol–water partition coefficient (Wildman–Crippen LogP) is 3.14. The van der Waals surface area contributed by atoms with Gasteiger partial charge in [-0.3, -0.25) is 4.98 Å². The molecule has 0 radical (unpaired) electrons. The van der Waals surface area contributed by atoms with Crippen LogP contribution >= 0.6 is 15.9 Å². The number of nitrogen functional groups attached to an aromatic ring is 1. The second kappa shape index (κ2) is 5.14. The number of anilines is 1. The summed E-state index contributed by atoms with van der Waals surface area (Å²) in [4.78, 5) is 3.97. The van der Waals surface area contributed by atoms with Gasteiger partial charge in [-0.15, -0.1) is 0 Å². The molecule has 0 atom stereocenters. The molecule has 1 heterocycles. The number of aromatic nitrogens is 1. The van der Waals surface area contributed by atoms with Crippen LogP contribution in [0.5, 0.6) is 5.75 Å². The summed E-state index contributed by atoms with van der Waals surface area (Å²) < 4.78 is 19.0. The van der Waals surface area contributed by atoms with Gasteiger partial charge in [0.25, 0.3) is 0 Å². The third kappa shape index (κ3) is 2.94. The largest absolute Gasteiger partial charge is 0.485 e. The van der Waals surface area contributed by atoms with E-state index in [9.17, 15) is 4.39 Å². The van der Waals surface area contributed by atoms with Gasteiger partial charge in [0, 0.05) is 24.0 Å². The average Bonchev–Trinajstić information content (AvgIpc) is 2.29. The van der Waals surface area contributed by atoms with E-state index in [0.29, 0.717) is 16.8 Å². The van der Waals surface area contributed by atoms with Crippen LogP contribution in [-0.4, -0.2) is 4.98 Å². The van der Waals surface area contributed by atoms with E-state index in [-0.39, 0.29) is 5.69 Å². The lowest BCUT2D eigenvalue weighted by molar-refractivity contribution is 0.305. The van der Waals surface area contributed by atoms with Crippen molar-refractivity contribution < 1.29 is 9.13 Å². The summed E-state index contributed by atoms with van der Waals surface area (Å²) in [6.07, 6.45) is 3.39. The molecule has 88 valence electrons. The molecular weight excluding hydrogens is 287 g/mol. The molecular formula is C12H10BrFN2O. The molecule has 17 heavy (non-hydrogen) atoms. The van der Waals surface area contributed by atoms with Crippen LogP contribution in [-0.2, 0) is 6.61 Å². The van der Waals surface area contributed by atoms with Gasteiger partial charge >= 0.3 is 0 Å². The van der Waals surface area contributed by atoms with E-state index in [2.05, 4.69) is 20.9 Å². The standard InChI is InChI=1S/C12H10BrFN2O/c13-10-4-9(14)5-11(15)12(10)17-7-8-2-1-3-16-6-8/h1-6H,7,15H2. The molecule has 5 heteroatoms. The predicted molar refractivity (Wildman–Crippen MR) is 67.1 cm³/mol. The van der Waals surface area contributed by atoms with E-state index in [1.165, 1.54) is 12.1 Å². The molecule has 2 N–H and O–H groups in total. The SMILES string of the molecule is Nc1cc(F)cc(Br)c1OCc1cccnc1. The molecule has 0 aliphatic rings. The zero-order valence-electron chi connectivity index (χ0n) is 8.86. The number of hydrogen-bond donors (Lipinski definition) is 1. The first-order valence-electron chi connectivity index (χ1n) is 4.93. The fourth-order valence-corrected chi connectivity index (χ4v) is 1.93. The zero-order chi connectivity index (χ0) is 12.3. The van der Waals surface area contributed by atoms with Gasteiger partial charge in [-0.25, -0.2) is 4.39 Å². The van der Waals surface area contributed by atoms with Gasteiger partial charge in [-0.2, -0.15) is 0 Å². The van der Waals surface area contributed by atoms with Crippen LogP contribution in [0.15, 0.2) is 41.1 Å². The number of hydrogen-bond acceptors (Lipinski definition) is 3. The van der Waals surface area contributed by atoms with Crippen molar-refractivity contribution in [2.75, 3.05) is 5.73 Å². The van der Waals surface area contributed by atoms with E-state index in [1.54, 1.807) is 12.4 Å². The zero-order valence-corrected chi connectivity index (χ0v) is 10.4. The fourth-order valence-electron chi connectivity index (χ4n) is 1.37. The van der Waals surface area contributed by atoms with Crippen molar-refractivity contribution in [3.63, 3.8) is 0 Å². The number of nitrogens with zero attached hydrogens (tertiary/aromatic N) is 1. The fraction of sp³-hybridized carbons (Fsp3) is 0.0833. The van der Waals surface area contributed by atoms with Gasteiger partial charge < -0.3 is 10.5 Å². The monoisotopic (exact) mass is 296 g/mol. The number of ether oxygens (including phenoxy) is 1. The van der Waals surface area contributed by atoms with Gasteiger partial charge in [-0.05, 0) is 28.1 Å². The smallest absolute Gasteiger partial charge is 0.157 e. The maximum absolute atomic E-state index is 13.0. The molecule has 0 bridgehead atoms. The Bertz CT molecular complexity index is 496. The molecule has 0 unspecified atom stereocenters. The number of halogens is 2. The van der Waals surface area contributed by atoms with Crippen molar-refractivity contribution in [1.29, 1.82) is 0 Å². The summed E-state index contributed by atoms with van der Waals surface area (Å²) in [6.45, 7) is 0.336. The van der Waals surface area contributed by atoms with Crippen LogP contribution in [0.4, 0.5) is 10.1 Å². The van der Waals surface area contributed by atoms with E-state index in [4.69, 9.17) is 10.5 Å². The van der Waals surface area contributed by atoms with E-state index in [1.807, 2.05) is 12.1 Å². The van der Waals surface area contributed by atoms with Crippen molar-refractivity contribution >= 4 is 21.6 Å². The molecule has 2 aromatic rings. The number of rotatable bonds is 3. The molecule has 0 amide bonds. The maximum Gasteiger partial charge on any atom is 0.157 e. The molecule has 0 aliphatic carbocycles. The molecule has 0 spiro atoms. The summed E-state index contributed by atoms with van der Waals surface area (Å²) in [6, 6.07) is 6.25. The number of benzene rings is 1. The Morgan fingerprint density at radius 3 is 2.88 bits per heavy atom. The summed E-state index contributed by atoms with van der Waals surface area (Å²) in [5.41, 5.74) is 6.86. The lowest BCUT2D eigenvalue weighted by Crippen LogP contribution is -2.00. The van der Waals surface area contributed by atoms with Gasteiger partial charge in [0.15, 0.2) is 5.75 Å². The maximum atomic E-state index is 13.0. The van der Waals surface area contributed by atoms with Crippen molar-refractivity contribution in [3.05, 3.63) is 52.5 Å². The lowest BCUT2D eigenvalue weighted by Gasteiger charge is -2.10. The summed E-state index contributed by atoms with van der Waals surface area (Å²) in [5.74, 6) is 0.0401. The van der Waals surface area contributed by atoms with Gasteiger partial charge in [0.05, 0.1) is 10.2 Å². The average molecular weight is 297 g/mol. The van der Waals surface area contributed by atoms with E-state index in [0.717, 1.165) is 5.56 Å².